The number of carbonyl (C=O) groups excluding carboxylic acids is 4. The third kappa shape index (κ3) is 5.93. The molecule has 4 amide bonds. The highest BCUT2D eigenvalue weighted by Crippen LogP contribution is 2.35. The van der Waals surface area contributed by atoms with Gasteiger partial charge >= 0.3 is 12.0 Å². The van der Waals surface area contributed by atoms with E-state index in [-0.39, 0.29) is 24.8 Å². The Balaban J connectivity index is 1.90. The van der Waals surface area contributed by atoms with Crippen LogP contribution in [0.2, 0.25) is 0 Å². The van der Waals surface area contributed by atoms with Crippen LogP contribution in [0.1, 0.15) is 51.5 Å². The zero-order valence-electron chi connectivity index (χ0n) is 18.6. The number of ether oxygens (including phenoxy) is 3. The number of esters is 1. The largest absolute Gasteiger partial charge is 0.490 e. The molecule has 2 aliphatic rings. The Morgan fingerprint density at radius 1 is 1.09 bits per heavy atom. The standard InChI is InChI=1S/C23H27BrN2O7/c1-3-31-18-11-14(17(24)12-19(18)33-13-20(27)32-4-2)10-16-21(28)25-23(30)26(22(16)29)15-8-6-5-7-9-15/h10-12,15H,3-9,13H2,1-2H3,(H,25,28,30). The van der Waals surface area contributed by atoms with E-state index in [9.17, 15) is 19.2 Å². The molecule has 9 nitrogen and oxygen atoms in total. The first-order chi connectivity index (χ1) is 15.8. The van der Waals surface area contributed by atoms with Gasteiger partial charge in [-0.3, -0.25) is 19.8 Å². The first-order valence-electron chi connectivity index (χ1n) is 11.0. The van der Waals surface area contributed by atoms with Crippen LogP contribution >= 0.6 is 15.9 Å². The van der Waals surface area contributed by atoms with Gasteiger partial charge in [0.2, 0.25) is 0 Å². The number of halogens is 1. The first-order valence-corrected chi connectivity index (χ1v) is 11.8. The van der Waals surface area contributed by atoms with Gasteiger partial charge in [-0.05, 0) is 50.5 Å². The molecule has 1 heterocycles. The maximum atomic E-state index is 13.1. The lowest BCUT2D eigenvalue weighted by atomic mass is 9.93. The number of rotatable bonds is 8. The van der Waals surface area contributed by atoms with E-state index in [0.29, 0.717) is 28.1 Å². The molecular weight excluding hydrogens is 496 g/mol. The molecule has 0 spiro atoms. The lowest BCUT2D eigenvalue weighted by Crippen LogP contribution is -2.58. The third-order valence-corrected chi connectivity index (χ3v) is 6.07. The molecule has 1 aliphatic heterocycles. The van der Waals surface area contributed by atoms with Gasteiger partial charge in [-0.2, -0.15) is 0 Å². The van der Waals surface area contributed by atoms with Gasteiger partial charge in [0.1, 0.15) is 5.57 Å². The molecule has 0 radical (unpaired) electrons. The van der Waals surface area contributed by atoms with Crippen LogP contribution in [0, 0.1) is 0 Å². The molecule has 10 heteroatoms. The van der Waals surface area contributed by atoms with E-state index in [4.69, 9.17) is 14.2 Å². The fourth-order valence-electron chi connectivity index (χ4n) is 3.88. The summed E-state index contributed by atoms with van der Waals surface area (Å²) < 4.78 is 16.5. The van der Waals surface area contributed by atoms with Crippen molar-refractivity contribution in [3.63, 3.8) is 0 Å². The summed E-state index contributed by atoms with van der Waals surface area (Å²) in [5.41, 5.74) is 0.349. The van der Waals surface area contributed by atoms with E-state index in [0.717, 1.165) is 32.1 Å². The second-order valence-corrected chi connectivity index (χ2v) is 8.49. The number of amides is 4. The quantitative estimate of drug-likeness (QED) is 0.315. The Morgan fingerprint density at radius 3 is 2.45 bits per heavy atom. The van der Waals surface area contributed by atoms with E-state index in [1.165, 1.54) is 11.0 Å². The van der Waals surface area contributed by atoms with E-state index >= 15 is 0 Å². The Hall–Kier alpha value is -2.88. The van der Waals surface area contributed by atoms with Crippen molar-refractivity contribution < 1.29 is 33.4 Å². The summed E-state index contributed by atoms with van der Waals surface area (Å²) in [5.74, 6) is -1.23. The number of benzene rings is 1. The zero-order chi connectivity index (χ0) is 24.0. The molecule has 178 valence electrons. The van der Waals surface area contributed by atoms with Crippen molar-refractivity contribution >= 4 is 45.8 Å². The number of urea groups is 1. The minimum absolute atomic E-state index is 0.136. The minimum Gasteiger partial charge on any atom is -0.490 e. The minimum atomic E-state index is -0.746. The molecular formula is C23H27BrN2O7. The number of carbonyl (C=O) groups is 4. The van der Waals surface area contributed by atoms with E-state index in [1.54, 1.807) is 26.0 Å². The highest BCUT2D eigenvalue weighted by molar-refractivity contribution is 9.10. The molecule has 0 aromatic heterocycles. The molecule has 33 heavy (non-hydrogen) atoms. The number of imide groups is 2. The van der Waals surface area contributed by atoms with Crippen LogP contribution in [-0.4, -0.2) is 54.6 Å². The van der Waals surface area contributed by atoms with E-state index in [2.05, 4.69) is 21.2 Å². The lowest BCUT2D eigenvalue weighted by molar-refractivity contribution is -0.145. The maximum Gasteiger partial charge on any atom is 0.344 e. The van der Waals surface area contributed by atoms with Crippen molar-refractivity contribution in [2.45, 2.75) is 52.0 Å². The summed E-state index contributed by atoms with van der Waals surface area (Å²) in [4.78, 5) is 50.8. The van der Waals surface area contributed by atoms with Gasteiger partial charge < -0.3 is 14.2 Å². The molecule has 3 rings (SSSR count). The third-order valence-electron chi connectivity index (χ3n) is 5.39. The van der Waals surface area contributed by atoms with Crippen molar-refractivity contribution in [1.82, 2.24) is 10.2 Å². The second kappa shape index (κ2) is 11.3. The SMILES string of the molecule is CCOC(=O)COc1cc(Br)c(C=C2C(=O)NC(=O)N(C3CCCCC3)C2=O)cc1OCC. The number of hydrogen-bond donors (Lipinski definition) is 1. The number of barbiturate groups is 1. The molecule has 1 aliphatic carbocycles. The van der Waals surface area contributed by atoms with Gasteiger partial charge in [0.15, 0.2) is 18.1 Å². The van der Waals surface area contributed by atoms with Crippen LogP contribution in [0.4, 0.5) is 4.79 Å². The first kappa shape index (κ1) is 24.8. The summed E-state index contributed by atoms with van der Waals surface area (Å²) in [7, 11) is 0. The van der Waals surface area contributed by atoms with E-state index < -0.39 is 23.8 Å². The Labute approximate surface area is 200 Å². The highest BCUT2D eigenvalue weighted by atomic mass is 79.9. The molecule has 0 unspecified atom stereocenters. The van der Waals surface area contributed by atoms with Gasteiger partial charge in [0.25, 0.3) is 11.8 Å². The average Bonchev–Trinajstić information content (AvgIpc) is 2.78. The number of nitrogens with one attached hydrogen (secondary N) is 1. The molecule has 0 bridgehead atoms. The molecule has 1 saturated carbocycles. The Morgan fingerprint density at radius 2 is 1.79 bits per heavy atom. The summed E-state index contributed by atoms with van der Waals surface area (Å²) in [6, 6.07) is 2.30. The summed E-state index contributed by atoms with van der Waals surface area (Å²) in [5, 5.41) is 2.28. The predicted octanol–water partition coefficient (Wildman–Crippen LogP) is 3.58. The zero-order valence-corrected chi connectivity index (χ0v) is 20.2. The van der Waals surface area contributed by atoms with E-state index in [1.807, 2.05) is 0 Å². The normalized spacial score (nSPS) is 18.3. The predicted molar refractivity (Wildman–Crippen MR) is 123 cm³/mol. The van der Waals surface area contributed by atoms with Gasteiger partial charge in [-0.25, -0.2) is 9.59 Å². The molecule has 1 saturated heterocycles. The van der Waals surface area contributed by atoms with Crippen LogP contribution in [0.15, 0.2) is 22.2 Å². The van der Waals surface area contributed by atoms with Gasteiger partial charge in [0.05, 0.1) is 13.2 Å². The topological polar surface area (TPSA) is 111 Å². The van der Waals surface area contributed by atoms with Crippen molar-refractivity contribution in [3.8, 4) is 11.5 Å². The van der Waals surface area contributed by atoms with Crippen LogP contribution in [0.25, 0.3) is 6.08 Å². The Kier molecular flexibility index (Phi) is 8.49. The molecule has 1 aromatic carbocycles. The molecule has 0 atom stereocenters. The smallest absolute Gasteiger partial charge is 0.344 e. The average molecular weight is 523 g/mol. The second-order valence-electron chi connectivity index (χ2n) is 7.63. The van der Waals surface area contributed by atoms with Crippen molar-refractivity contribution in [3.05, 3.63) is 27.7 Å². The van der Waals surface area contributed by atoms with Gasteiger partial charge in [-0.15, -0.1) is 0 Å². The van der Waals surface area contributed by atoms with Crippen molar-refractivity contribution in [1.29, 1.82) is 0 Å². The molecule has 1 N–H and O–H groups in total. The molecule has 2 fully saturated rings. The lowest BCUT2D eigenvalue weighted by Gasteiger charge is -2.35. The maximum absolute atomic E-state index is 13.1. The van der Waals surface area contributed by atoms with Crippen molar-refractivity contribution in [2.24, 2.45) is 0 Å². The number of nitrogens with zero attached hydrogens (tertiary/aromatic N) is 1. The summed E-state index contributed by atoms with van der Waals surface area (Å²) >= 11 is 3.42. The Bertz CT molecular complexity index is 970. The fraction of sp³-hybridized carbons (Fsp3) is 0.478. The summed E-state index contributed by atoms with van der Waals surface area (Å²) in [6.45, 7) is 3.78. The van der Waals surface area contributed by atoms with Crippen molar-refractivity contribution in [2.75, 3.05) is 19.8 Å². The van der Waals surface area contributed by atoms with Gasteiger partial charge in [-0.1, -0.05) is 35.2 Å². The van der Waals surface area contributed by atoms with Crippen LogP contribution in [-0.2, 0) is 19.1 Å². The fourth-order valence-corrected chi connectivity index (χ4v) is 4.32. The molecule has 1 aromatic rings. The highest BCUT2D eigenvalue weighted by Gasteiger charge is 2.40. The number of hydrogen-bond acceptors (Lipinski definition) is 7. The van der Waals surface area contributed by atoms with Crippen LogP contribution in [0.3, 0.4) is 0 Å². The van der Waals surface area contributed by atoms with Crippen LogP contribution in [0.5, 0.6) is 11.5 Å². The summed E-state index contributed by atoms with van der Waals surface area (Å²) in [6.07, 6.45) is 5.81. The monoisotopic (exact) mass is 522 g/mol. The van der Waals surface area contributed by atoms with Crippen LogP contribution < -0.4 is 14.8 Å². The van der Waals surface area contributed by atoms with Gasteiger partial charge in [0, 0.05) is 10.5 Å².